The molecule has 0 atom stereocenters. The Hall–Kier alpha value is -2.19. The third-order valence-electron chi connectivity index (χ3n) is 7.60. The van der Waals surface area contributed by atoms with Gasteiger partial charge in [0.05, 0.1) is 10.4 Å². The minimum atomic E-state index is 0.184. The van der Waals surface area contributed by atoms with Gasteiger partial charge in [-0.2, -0.15) is 0 Å². The maximum atomic E-state index is 4.86. The van der Waals surface area contributed by atoms with Crippen LogP contribution < -0.4 is 0 Å². The van der Waals surface area contributed by atoms with Crippen LogP contribution in [-0.2, 0) is 17.3 Å². The van der Waals surface area contributed by atoms with Crippen LogP contribution in [0.25, 0.3) is 31.4 Å². The Balaban J connectivity index is 1.97. The molecule has 32 heavy (non-hydrogen) atoms. The number of pyridine rings is 1. The molecular weight excluding hydrogens is 406 g/mol. The van der Waals surface area contributed by atoms with Crippen LogP contribution in [0.4, 0.5) is 0 Å². The highest BCUT2D eigenvalue weighted by Crippen LogP contribution is 2.54. The van der Waals surface area contributed by atoms with Crippen LogP contribution >= 0.6 is 11.3 Å². The van der Waals surface area contributed by atoms with Gasteiger partial charge in [-0.25, -0.2) is 0 Å². The fourth-order valence-corrected chi connectivity index (χ4v) is 7.50. The summed E-state index contributed by atoms with van der Waals surface area (Å²) < 4.78 is 2.84. The van der Waals surface area contributed by atoms with Crippen LogP contribution in [0.15, 0.2) is 42.6 Å². The van der Waals surface area contributed by atoms with Crippen molar-refractivity contribution in [2.24, 2.45) is 5.92 Å². The Morgan fingerprint density at radius 1 is 0.906 bits per heavy atom. The van der Waals surface area contributed by atoms with E-state index in [9.17, 15) is 0 Å². The molecule has 4 aromatic rings. The van der Waals surface area contributed by atoms with Gasteiger partial charge in [-0.15, -0.1) is 11.3 Å². The predicted molar refractivity (Wildman–Crippen MR) is 141 cm³/mol. The molecule has 166 valence electrons. The van der Waals surface area contributed by atoms with Crippen molar-refractivity contribution in [1.29, 1.82) is 0 Å². The summed E-state index contributed by atoms with van der Waals surface area (Å²) in [6, 6.07) is 12.9. The molecule has 1 aliphatic rings. The van der Waals surface area contributed by atoms with Crippen molar-refractivity contribution in [1.82, 2.24) is 4.98 Å². The zero-order valence-electron chi connectivity index (χ0n) is 20.6. The second-order valence-corrected chi connectivity index (χ2v) is 12.4. The molecule has 0 N–H and O–H groups in total. The van der Waals surface area contributed by atoms with Crippen LogP contribution in [0.3, 0.4) is 0 Å². The number of aryl methyl sites for hydroxylation is 1. The molecule has 0 amide bonds. The average Bonchev–Trinajstić information content (AvgIpc) is 3.13. The summed E-state index contributed by atoms with van der Waals surface area (Å²) in [5.41, 5.74) is 9.09. The number of hydrogen-bond donors (Lipinski definition) is 0. The highest BCUT2D eigenvalue weighted by molar-refractivity contribution is 7.26. The molecule has 0 saturated heterocycles. The predicted octanol–water partition coefficient (Wildman–Crippen LogP) is 8.97. The van der Waals surface area contributed by atoms with Crippen molar-refractivity contribution >= 4 is 31.5 Å². The molecule has 0 aliphatic heterocycles. The highest BCUT2D eigenvalue weighted by Gasteiger charge is 2.41. The Morgan fingerprint density at radius 3 is 2.22 bits per heavy atom. The van der Waals surface area contributed by atoms with E-state index in [4.69, 9.17) is 4.98 Å². The van der Waals surface area contributed by atoms with Gasteiger partial charge in [0, 0.05) is 27.2 Å². The van der Waals surface area contributed by atoms with Gasteiger partial charge in [-0.1, -0.05) is 71.9 Å². The molecule has 1 aliphatic carbocycles. The normalized spacial score (nSPS) is 17.2. The number of fused-ring (bicyclic) bond motifs is 5. The van der Waals surface area contributed by atoms with Crippen LogP contribution in [0.2, 0.25) is 0 Å². The van der Waals surface area contributed by atoms with Gasteiger partial charge in [0.2, 0.25) is 0 Å². The number of thiophene rings is 1. The van der Waals surface area contributed by atoms with E-state index in [0.29, 0.717) is 5.92 Å². The topological polar surface area (TPSA) is 12.9 Å². The minimum Gasteiger partial charge on any atom is -0.255 e. The monoisotopic (exact) mass is 441 g/mol. The number of nitrogens with zero attached hydrogens (tertiary/aromatic N) is 1. The van der Waals surface area contributed by atoms with Crippen molar-refractivity contribution in [3.05, 3.63) is 64.8 Å². The van der Waals surface area contributed by atoms with Crippen molar-refractivity contribution in [2.45, 2.75) is 78.6 Å². The fraction of sp³-hybridized carbons (Fsp3) is 0.433. The maximum Gasteiger partial charge on any atom is 0.0880 e. The summed E-state index contributed by atoms with van der Waals surface area (Å²) in [4.78, 5) is 4.86. The van der Waals surface area contributed by atoms with E-state index in [1.165, 1.54) is 44.1 Å². The van der Waals surface area contributed by atoms with Gasteiger partial charge < -0.3 is 0 Å². The van der Waals surface area contributed by atoms with E-state index in [1.807, 2.05) is 17.5 Å². The quantitative estimate of drug-likeness (QED) is 0.309. The molecule has 0 bridgehead atoms. The first-order valence-corrected chi connectivity index (χ1v) is 12.9. The molecule has 0 fully saturated rings. The van der Waals surface area contributed by atoms with Crippen molar-refractivity contribution < 1.29 is 0 Å². The summed E-state index contributed by atoms with van der Waals surface area (Å²) in [6.45, 7) is 17.0. The second-order valence-electron chi connectivity index (χ2n) is 11.4. The van der Waals surface area contributed by atoms with E-state index in [0.717, 1.165) is 12.1 Å². The van der Waals surface area contributed by atoms with Crippen LogP contribution in [0.1, 0.15) is 76.6 Å². The van der Waals surface area contributed by atoms with Crippen molar-refractivity contribution in [3.63, 3.8) is 0 Å². The van der Waals surface area contributed by atoms with E-state index in [-0.39, 0.29) is 10.8 Å². The lowest BCUT2D eigenvalue weighted by atomic mass is 9.60. The summed E-state index contributed by atoms with van der Waals surface area (Å²) in [6.07, 6.45) is 5.65. The smallest absolute Gasteiger partial charge is 0.0880 e. The van der Waals surface area contributed by atoms with Gasteiger partial charge in [0.1, 0.15) is 0 Å². The van der Waals surface area contributed by atoms with Gasteiger partial charge in [-0.05, 0) is 71.3 Å². The molecule has 5 rings (SSSR count). The van der Waals surface area contributed by atoms with E-state index < -0.39 is 0 Å². The van der Waals surface area contributed by atoms with E-state index in [1.54, 1.807) is 16.7 Å². The molecule has 2 aromatic carbocycles. The molecule has 0 unspecified atom stereocenters. The second kappa shape index (κ2) is 7.42. The van der Waals surface area contributed by atoms with E-state index in [2.05, 4.69) is 84.9 Å². The Bertz CT molecular complexity index is 1320. The largest absolute Gasteiger partial charge is 0.255 e. The SMILES string of the molecule is Cc1c(CC(C)C)c2c(c3sc4c(-c5ccccc5)nccc4c13)C(C)(C)CCC2(C)C. The summed E-state index contributed by atoms with van der Waals surface area (Å²) >= 11 is 1.98. The zero-order chi connectivity index (χ0) is 22.8. The summed E-state index contributed by atoms with van der Waals surface area (Å²) in [7, 11) is 0. The first-order valence-electron chi connectivity index (χ1n) is 12.0. The molecule has 2 heteroatoms. The lowest BCUT2D eigenvalue weighted by Crippen LogP contribution is -2.35. The molecular formula is C30H35NS. The number of hydrogen-bond acceptors (Lipinski definition) is 2. The van der Waals surface area contributed by atoms with Gasteiger partial charge in [-0.3, -0.25) is 4.98 Å². The first kappa shape index (κ1) is 21.6. The van der Waals surface area contributed by atoms with Gasteiger partial charge in [0.15, 0.2) is 0 Å². The van der Waals surface area contributed by atoms with Crippen molar-refractivity contribution in [3.8, 4) is 11.3 Å². The zero-order valence-corrected chi connectivity index (χ0v) is 21.4. The Morgan fingerprint density at radius 2 is 1.56 bits per heavy atom. The molecule has 2 heterocycles. The lowest BCUT2D eigenvalue weighted by Gasteiger charge is -2.44. The Labute approximate surface area is 196 Å². The fourth-order valence-electron chi connectivity index (χ4n) is 5.91. The van der Waals surface area contributed by atoms with E-state index >= 15 is 0 Å². The molecule has 0 radical (unpaired) electrons. The standard InChI is InChI=1S/C30H35NS/c1-18(2)17-22-19(3)23-21-13-16-31-26(20-11-9-8-10-12-20)27(21)32-28(23)25-24(22)29(4,5)14-15-30(25,6)7/h8-13,16,18H,14-15,17H2,1-7H3. The number of rotatable bonds is 3. The minimum absolute atomic E-state index is 0.184. The van der Waals surface area contributed by atoms with Gasteiger partial charge >= 0.3 is 0 Å². The Kier molecular flexibility index (Phi) is 5.02. The third-order valence-corrected chi connectivity index (χ3v) is 8.83. The summed E-state index contributed by atoms with van der Waals surface area (Å²) in [5, 5.41) is 2.85. The number of benzene rings is 2. The molecule has 1 nitrogen and oxygen atoms in total. The lowest BCUT2D eigenvalue weighted by molar-refractivity contribution is 0.331. The average molecular weight is 442 g/mol. The third kappa shape index (κ3) is 3.22. The molecule has 0 saturated carbocycles. The van der Waals surface area contributed by atoms with Crippen LogP contribution in [-0.4, -0.2) is 4.98 Å². The van der Waals surface area contributed by atoms with Crippen LogP contribution in [0.5, 0.6) is 0 Å². The highest BCUT2D eigenvalue weighted by atomic mass is 32.1. The first-order chi connectivity index (χ1) is 15.1. The van der Waals surface area contributed by atoms with Gasteiger partial charge in [0.25, 0.3) is 0 Å². The molecule has 0 spiro atoms. The molecule has 2 aromatic heterocycles. The number of aromatic nitrogens is 1. The van der Waals surface area contributed by atoms with Crippen LogP contribution in [0, 0.1) is 12.8 Å². The summed E-state index contributed by atoms with van der Waals surface area (Å²) in [5.74, 6) is 0.641. The van der Waals surface area contributed by atoms with Crippen molar-refractivity contribution in [2.75, 3.05) is 0 Å². The maximum absolute atomic E-state index is 4.86.